The summed E-state index contributed by atoms with van der Waals surface area (Å²) in [5.74, 6) is 0.178. The molecule has 0 unspecified atom stereocenters. The molecule has 2 aromatic rings. The van der Waals surface area contributed by atoms with Crippen LogP contribution in [-0.2, 0) is 10.2 Å². The molecule has 7 nitrogen and oxygen atoms in total. The van der Waals surface area contributed by atoms with Crippen molar-refractivity contribution in [1.82, 2.24) is 4.98 Å². The molecule has 1 fully saturated rings. The summed E-state index contributed by atoms with van der Waals surface area (Å²) in [4.78, 5) is 4.70. The molecular weight excluding hydrogens is 428 g/mol. The molecule has 0 amide bonds. The lowest BCUT2D eigenvalue weighted by molar-refractivity contribution is -0.0147. The third kappa shape index (κ3) is 7.43. The Morgan fingerprint density at radius 1 is 1.33 bits per heavy atom. The number of hydrogen-bond donors (Lipinski definition) is 3. The summed E-state index contributed by atoms with van der Waals surface area (Å²) in [6.07, 6.45) is 0.798. The van der Waals surface area contributed by atoms with E-state index in [1.807, 2.05) is 46.8 Å². The van der Waals surface area contributed by atoms with Crippen molar-refractivity contribution < 1.29 is 18.6 Å². The number of nitrogens with zero attached hydrogens (tertiary/aromatic N) is 3. The number of benzene rings is 1. The predicted molar refractivity (Wildman–Crippen MR) is 130 cm³/mol. The second-order valence-corrected chi connectivity index (χ2v) is 9.47. The molecule has 0 aliphatic heterocycles. The highest BCUT2D eigenvalue weighted by atomic mass is 19.3. The summed E-state index contributed by atoms with van der Waals surface area (Å²) < 4.78 is 30.5. The van der Waals surface area contributed by atoms with E-state index in [0.29, 0.717) is 11.4 Å². The summed E-state index contributed by atoms with van der Waals surface area (Å²) in [5.41, 5.74) is 8.60. The molecule has 182 valence electrons. The maximum Gasteiger partial charge on any atom is 0.260 e. The lowest BCUT2D eigenvalue weighted by Crippen LogP contribution is -2.32. The molecule has 1 aliphatic carbocycles. The number of nitrogens with one attached hydrogen (secondary N) is 1. The van der Waals surface area contributed by atoms with E-state index >= 15 is 0 Å². The first-order valence-electron chi connectivity index (χ1n) is 10.9. The Hall–Kier alpha value is -2.65. The number of pyridine rings is 1. The summed E-state index contributed by atoms with van der Waals surface area (Å²) in [7, 11) is 0. The van der Waals surface area contributed by atoms with Crippen molar-refractivity contribution >= 4 is 29.2 Å². The normalized spacial score (nSPS) is 15.5. The van der Waals surface area contributed by atoms with Crippen LogP contribution in [0.15, 0.2) is 28.4 Å². The van der Waals surface area contributed by atoms with Crippen molar-refractivity contribution in [3.63, 3.8) is 0 Å². The van der Waals surface area contributed by atoms with Gasteiger partial charge in [0, 0.05) is 17.8 Å². The fourth-order valence-electron chi connectivity index (χ4n) is 3.46. The predicted octanol–water partition coefficient (Wildman–Crippen LogP) is 4.73. The van der Waals surface area contributed by atoms with Gasteiger partial charge in [-0.2, -0.15) is 5.10 Å². The second kappa shape index (κ2) is 11.0. The monoisotopic (exact) mass is 463 g/mol. The van der Waals surface area contributed by atoms with Crippen molar-refractivity contribution in [3.8, 4) is 0 Å². The van der Waals surface area contributed by atoms with Crippen molar-refractivity contribution in [1.29, 1.82) is 0 Å². The van der Waals surface area contributed by atoms with Gasteiger partial charge in [-0.1, -0.05) is 20.8 Å². The van der Waals surface area contributed by atoms with Gasteiger partial charge >= 0.3 is 0 Å². The summed E-state index contributed by atoms with van der Waals surface area (Å²) >= 11 is 0. The number of aryl methyl sites for hydroxylation is 1. The molecular formula is C24H35F2N5O2. The van der Waals surface area contributed by atoms with Crippen LogP contribution in [0.1, 0.15) is 63.8 Å². The van der Waals surface area contributed by atoms with E-state index in [9.17, 15) is 8.78 Å². The van der Waals surface area contributed by atoms with Crippen LogP contribution >= 0.6 is 0 Å². The minimum atomic E-state index is -2.43. The Balaban J connectivity index is 0.000000554. The van der Waals surface area contributed by atoms with Crippen molar-refractivity contribution in [2.75, 3.05) is 18.6 Å². The van der Waals surface area contributed by atoms with Gasteiger partial charge < -0.3 is 15.2 Å². The molecule has 4 N–H and O–H groups in total. The average Bonchev–Trinajstić information content (AvgIpc) is 2.70. The fourth-order valence-corrected chi connectivity index (χ4v) is 3.46. The Bertz CT molecular complexity index is 994. The molecule has 1 aliphatic rings. The SMILES string of the molecule is C=N/N=C(\OCN)c1cc(C)c2cc(NCC(F)F)cc(C(C)(C)C)c2n1.CC1(O)CCC1. The highest BCUT2D eigenvalue weighted by Gasteiger charge is 2.27. The molecule has 1 heterocycles. The highest BCUT2D eigenvalue weighted by Crippen LogP contribution is 2.34. The summed E-state index contributed by atoms with van der Waals surface area (Å²) in [6.45, 7) is 12.8. The van der Waals surface area contributed by atoms with E-state index < -0.39 is 13.0 Å². The highest BCUT2D eigenvalue weighted by molar-refractivity contribution is 5.97. The Morgan fingerprint density at radius 3 is 2.42 bits per heavy atom. The number of ether oxygens (including phenoxy) is 1. The smallest absolute Gasteiger partial charge is 0.260 e. The van der Waals surface area contributed by atoms with Crippen LogP contribution in [0.25, 0.3) is 10.9 Å². The minimum Gasteiger partial charge on any atom is -0.459 e. The average molecular weight is 464 g/mol. The van der Waals surface area contributed by atoms with E-state index in [1.165, 1.54) is 6.42 Å². The van der Waals surface area contributed by atoms with Crippen molar-refractivity contribution in [2.45, 2.75) is 71.3 Å². The zero-order valence-electron chi connectivity index (χ0n) is 20.1. The summed E-state index contributed by atoms with van der Waals surface area (Å²) in [6, 6.07) is 5.48. The lowest BCUT2D eigenvalue weighted by atomic mass is 9.82. The van der Waals surface area contributed by atoms with E-state index in [1.54, 1.807) is 6.07 Å². The molecule has 1 aromatic carbocycles. The van der Waals surface area contributed by atoms with Crippen LogP contribution in [0.4, 0.5) is 14.5 Å². The van der Waals surface area contributed by atoms with Gasteiger partial charge in [0.25, 0.3) is 12.3 Å². The third-order valence-electron chi connectivity index (χ3n) is 5.42. The molecule has 0 bridgehead atoms. The number of hydrogen-bond acceptors (Lipinski definition) is 7. The Kier molecular flexibility index (Phi) is 8.85. The number of alkyl halides is 2. The molecule has 1 aromatic heterocycles. The van der Waals surface area contributed by atoms with Gasteiger partial charge in [0.1, 0.15) is 12.4 Å². The topological polar surface area (TPSA) is 105 Å². The van der Waals surface area contributed by atoms with Crippen LogP contribution in [0, 0.1) is 6.92 Å². The molecule has 0 radical (unpaired) electrons. The zero-order valence-corrected chi connectivity index (χ0v) is 20.1. The van der Waals surface area contributed by atoms with E-state index in [4.69, 9.17) is 20.6 Å². The molecule has 3 rings (SSSR count). The first-order valence-corrected chi connectivity index (χ1v) is 10.9. The molecule has 0 atom stereocenters. The zero-order chi connectivity index (χ0) is 24.8. The maximum absolute atomic E-state index is 12.6. The van der Waals surface area contributed by atoms with Crippen LogP contribution in [-0.4, -0.2) is 48.0 Å². The minimum absolute atomic E-state index is 0.0737. The molecule has 0 spiro atoms. The van der Waals surface area contributed by atoms with Gasteiger partial charge in [-0.15, -0.1) is 5.10 Å². The van der Waals surface area contributed by atoms with Crippen LogP contribution in [0.3, 0.4) is 0 Å². The second-order valence-electron chi connectivity index (χ2n) is 9.47. The number of nitrogens with two attached hydrogens (primary N) is 1. The van der Waals surface area contributed by atoms with Crippen molar-refractivity contribution in [2.24, 2.45) is 15.9 Å². The Morgan fingerprint density at radius 2 is 1.97 bits per heavy atom. The van der Waals surface area contributed by atoms with Crippen LogP contribution < -0.4 is 11.1 Å². The van der Waals surface area contributed by atoms with Gasteiger partial charge in [-0.25, -0.2) is 13.8 Å². The number of fused-ring (bicyclic) bond motifs is 1. The van der Waals surface area contributed by atoms with Gasteiger partial charge in [-0.3, -0.25) is 5.73 Å². The van der Waals surface area contributed by atoms with Crippen LogP contribution in [0.5, 0.6) is 0 Å². The summed E-state index contributed by atoms with van der Waals surface area (Å²) in [5, 5.41) is 19.9. The fraction of sp³-hybridized carbons (Fsp3) is 0.542. The first-order chi connectivity index (χ1) is 15.4. The largest absolute Gasteiger partial charge is 0.459 e. The Labute approximate surface area is 194 Å². The molecule has 0 saturated heterocycles. The first kappa shape index (κ1) is 26.6. The van der Waals surface area contributed by atoms with Crippen molar-refractivity contribution in [3.05, 3.63) is 35.0 Å². The third-order valence-corrected chi connectivity index (χ3v) is 5.42. The number of rotatable bonds is 6. The van der Waals surface area contributed by atoms with Gasteiger partial charge in [0.2, 0.25) is 0 Å². The van der Waals surface area contributed by atoms with Crippen LogP contribution in [0.2, 0.25) is 0 Å². The number of anilines is 1. The number of aromatic nitrogens is 1. The standard InChI is InChI=1S/C19H25F2N5O.C5H10O/c1-11-6-15(18(26-23-5)27-10-22)25-17-13(11)7-12(24-9-16(20)21)8-14(17)19(2,3)4;1-5(6)3-2-4-5/h6-8,16,24H,5,9-10,22H2,1-4H3;6H,2-4H2,1H3/b26-18-;. The molecule has 33 heavy (non-hydrogen) atoms. The maximum atomic E-state index is 12.6. The quantitative estimate of drug-likeness (QED) is 0.249. The molecule has 9 heteroatoms. The number of halogens is 2. The van der Waals surface area contributed by atoms with Gasteiger partial charge in [0.05, 0.1) is 17.7 Å². The van der Waals surface area contributed by atoms with Gasteiger partial charge in [-0.05, 0) is 67.9 Å². The number of aliphatic hydroxyl groups is 1. The van der Waals surface area contributed by atoms with E-state index in [-0.39, 0.29) is 23.6 Å². The van der Waals surface area contributed by atoms with E-state index in [2.05, 4.69) is 22.2 Å². The van der Waals surface area contributed by atoms with Gasteiger partial charge in [0.15, 0.2) is 0 Å². The lowest BCUT2D eigenvalue weighted by Gasteiger charge is -2.31. The van der Waals surface area contributed by atoms with E-state index in [0.717, 1.165) is 34.9 Å². The molecule has 1 saturated carbocycles.